The van der Waals surface area contributed by atoms with Crippen molar-refractivity contribution in [1.29, 1.82) is 0 Å². The zero-order chi connectivity index (χ0) is 15.7. The van der Waals surface area contributed by atoms with Crippen molar-refractivity contribution in [2.45, 2.75) is 19.8 Å². The molecule has 2 amide bonds. The highest BCUT2D eigenvalue weighted by molar-refractivity contribution is 5.79. The Morgan fingerprint density at radius 3 is 2.52 bits per heavy atom. The second-order valence-electron chi connectivity index (χ2n) is 5.42. The van der Waals surface area contributed by atoms with Crippen molar-refractivity contribution in [3.63, 3.8) is 0 Å². The topological polar surface area (TPSA) is 78.7 Å². The van der Waals surface area contributed by atoms with Crippen LogP contribution in [0.25, 0.3) is 0 Å². The highest BCUT2D eigenvalue weighted by atomic mass is 16.2. The Kier molecular flexibility index (Phi) is 8.00. The summed E-state index contributed by atoms with van der Waals surface area (Å²) in [5, 5.41) is 2.76. The summed E-state index contributed by atoms with van der Waals surface area (Å²) in [4.78, 5) is 27.9. The first-order valence-corrected chi connectivity index (χ1v) is 7.71. The van der Waals surface area contributed by atoms with E-state index >= 15 is 0 Å². The number of piperazine rings is 1. The van der Waals surface area contributed by atoms with Gasteiger partial charge in [-0.2, -0.15) is 0 Å². The van der Waals surface area contributed by atoms with Gasteiger partial charge in [0, 0.05) is 39.3 Å². The van der Waals surface area contributed by atoms with Gasteiger partial charge in [0.15, 0.2) is 0 Å². The molecule has 1 heterocycles. The quantitative estimate of drug-likeness (QED) is 0.609. The van der Waals surface area contributed by atoms with Gasteiger partial charge in [-0.1, -0.05) is 19.4 Å². The van der Waals surface area contributed by atoms with Gasteiger partial charge in [-0.05, 0) is 6.42 Å². The molecule has 0 aromatic carbocycles. The van der Waals surface area contributed by atoms with Crippen LogP contribution in [0, 0.1) is 5.92 Å². The molecule has 6 nitrogen and oxygen atoms in total. The molecule has 0 spiro atoms. The van der Waals surface area contributed by atoms with Crippen LogP contribution >= 0.6 is 0 Å². The fourth-order valence-corrected chi connectivity index (χ4v) is 2.52. The first kappa shape index (κ1) is 17.7. The van der Waals surface area contributed by atoms with Crippen molar-refractivity contribution >= 4 is 11.8 Å². The number of nitrogens with two attached hydrogens (primary N) is 1. The lowest BCUT2D eigenvalue weighted by atomic mass is 10.0. The Morgan fingerprint density at radius 1 is 1.33 bits per heavy atom. The van der Waals surface area contributed by atoms with Gasteiger partial charge in [0.1, 0.15) is 0 Å². The van der Waals surface area contributed by atoms with Gasteiger partial charge < -0.3 is 16.0 Å². The number of carbonyl (C=O) groups excluding carboxylic acids is 2. The van der Waals surface area contributed by atoms with Crippen LogP contribution in [0.3, 0.4) is 0 Å². The SMILES string of the molecule is C=CCNC(=O)CN1CCN(C(=O)C(CN)CCC)CC1. The Morgan fingerprint density at radius 2 is 2.00 bits per heavy atom. The minimum absolute atomic E-state index is 0.000458. The van der Waals surface area contributed by atoms with Gasteiger partial charge in [-0.15, -0.1) is 6.58 Å². The number of hydrogen-bond donors (Lipinski definition) is 2. The molecule has 6 heteroatoms. The predicted octanol–water partition coefficient (Wildman–Crippen LogP) is -0.192. The first-order chi connectivity index (χ1) is 10.1. The summed E-state index contributed by atoms with van der Waals surface area (Å²) in [5.74, 6) is 0.105. The molecule has 1 rings (SSSR count). The van der Waals surface area contributed by atoms with E-state index in [1.165, 1.54) is 0 Å². The van der Waals surface area contributed by atoms with Crippen LogP contribution in [0.5, 0.6) is 0 Å². The fourth-order valence-electron chi connectivity index (χ4n) is 2.52. The molecule has 0 bridgehead atoms. The van der Waals surface area contributed by atoms with Crippen molar-refractivity contribution in [2.24, 2.45) is 11.7 Å². The molecule has 0 radical (unpaired) electrons. The third kappa shape index (κ3) is 5.85. The van der Waals surface area contributed by atoms with Gasteiger partial charge in [0.05, 0.1) is 12.5 Å². The van der Waals surface area contributed by atoms with E-state index in [0.717, 1.165) is 25.9 Å². The number of amides is 2. The molecule has 1 fully saturated rings. The largest absolute Gasteiger partial charge is 0.352 e. The summed E-state index contributed by atoms with van der Waals surface area (Å²) < 4.78 is 0. The molecule has 120 valence electrons. The van der Waals surface area contributed by atoms with E-state index in [0.29, 0.717) is 32.7 Å². The number of hydrogen-bond acceptors (Lipinski definition) is 4. The van der Waals surface area contributed by atoms with Crippen LogP contribution < -0.4 is 11.1 Å². The molecule has 1 saturated heterocycles. The predicted molar refractivity (Wildman–Crippen MR) is 83.7 cm³/mol. The van der Waals surface area contributed by atoms with Gasteiger partial charge in [0.2, 0.25) is 11.8 Å². The minimum atomic E-state index is -0.0579. The standard InChI is InChI=1S/C15H28N4O2/c1-3-5-13(11-16)15(21)19-9-7-18(8-10-19)12-14(20)17-6-4-2/h4,13H,2-3,5-12,16H2,1H3,(H,17,20). The lowest BCUT2D eigenvalue weighted by Gasteiger charge is -2.36. The normalized spacial score (nSPS) is 17.3. The Labute approximate surface area is 127 Å². The van der Waals surface area contributed by atoms with Crippen molar-refractivity contribution in [2.75, 3.05) is 45.8 Å². The van der Waals surface area contributed by atoms with Gasteiger partial charge in [0.25, 0.3) is 0 Å². The van der Waals surface area contributed by atoms with Crippen LogP contribution in [0.15, 0.2) is 12.7 Å². The van der Waals surface area contributed by atoms with E-state index in [-0.39, 0.29) is 17.7 Å². The second kappa shape index (κ2) is 9.52. The summed E-state index contributed by atoms with van der Waals surface area (Å²) in [6.45, 7) is 9.73. The molecule has 0 aliphatic carbocycles. The van der Waals surface area contributed by atoms with E-state index in [1.54, 1.807) is 6.08 Å². The summed E-state index contributed by atoms with van der Waals surface area (Å²) in [6, 6.07) is 0. The van der Waals surface area contributed by atoms with Gasteiger partial charge in [-0.25, -0.2) is 0 Å². The molecular weight excluding hydrogens is 268 g/mol. The Balaban J connectivity index is 2.35. The zero-order valence-electron chi connectivity index (χ0n) is 13.0. The zero-order valence-corrected chi connectivity index (χ0v) is 13.0. The van der Waals surface area contributed by atoms with Crippen LogP contribution in [0.2, 0.25) is 0 Å². The van der Waals surface area contributed by atoms with Crippen molar-refractivity contribution in [1.82, 2.24) is 15.1 Å². The smallest absolute Gasteiger partial charge is 0.234 e. The fraction of sp³-hybridized carbons (Fsp3) is 0.733. The van der Waals surface area contributed by atoms with E-state index < -0.39 is 0 Å². The summed E-state index contributed by atoms with van der Waals surface area (Å²) in [6.07, 6.45) is 3.48. The van der Waals surface area contributed by atoms with E-state index in [4.69, 9.17) is 5.73 Å². The molecule has 0 saturated carbocycles. The number of nitrogens with one attached hydrogen (secondary N) is 1. The van der Waals surface area contributed by atoms with Crippen LogP contribution in [0.1, 0.15) is 19.8 Å². The minimum Gasteiger partial charge on any atom is -0.352 e. The molecule has 0 aromatic heterocycles. The third-order valence-corrected chi connectivity index (χ3v) is 3.77. The maximum absolute atomic E-state index is 12.3. The Bertz CT molecular complexity index is 352. The highest BCUT2D eigenvalue weighted by Crippen LogP contribution is 2.11. The van der Waals surface area contributed by atoms with Crippen molar-refractivity contribution in [3.8, 4) is 0 Å². The van der Waals surface area contributed by atoms with Crippen molar-refractivity contribution in [3.05, 3.63) is 12.7 Å². The number of rotatable bonds is 8. The lowest BCUT2D eigenvalue weighted by Crippen LogP contribution is -2.53. The third-order valence-electron chi connectivity index (χ3n) is 3.77. The summed E-state index contributed by atoms with van der Waals surface area (Å²) in [5.41, 5.74) is 5.69. The molecule has 0 aromatic rings. The second-order valence-corrected chi connectivity index (χ2v) is 5.42. The van der Waals surface area contributed by atoms with Crippen LogP contribution in [-0.2, 0) is 9.59 Å². The molecular formula is C15H28N4O2. The van der Waals surface area contributed by atoms with Gasteiger partial charge in [-0.3, -0.25) is 14.5 Å². The number of carbonyl (C=O) groups is 2. The summed E-state index contributed by atoms with van der Waals surface area (Å²) in [7, 11) is 0. The molecule has 1 unspecified atom stereocenters. The van der Waals surface area contributed by atoms with Crippen LogP contribution in [-0.4, -0.2) is 67.4 Å². The van der Waals surface area contributed by atoms with Crippen LogP contribution in [0.4, 0.5) is 0 Å². The maximum atomic E-state index is 12.3. The van der Waals surface area contributed by atoms with E-state index in [1.807, 2.05) is 4.90 Å². The highest BCUT2D eigenvalue weighted by Gasteiger charge is 2.26. The van der Waals surface area contributed by atoms with Gasteiger partial charge >= 0.3 is 0 Å². The maximum Gasteiger partial charge on any atom is 0.234 e. The molecule has 21 heavy (non-hydrogen) atoms. The molecule has 1 aliphatic rings. The average Bonchev–Trinajstić information content (AvgIpc) is 2.50. The lowest BCUT2D eigenvalue weighted by molar-refractivity contribution is -0.137. The molecule has 1 aliphatic heterocycles. The monoisotopic (exact) mass is 296 g/mol. The first-order valence-electron chi connectivity index (χ1n) is 7.71. The van der Waals surface area contributed by atoms with E-state index in [9.17, 15) is 9.59 Å². The van der Waals surface area contributed by atoms with E-state index in [2.05, 4.69) is 23.7 Å². The average molecular weight is 296 g/mol. The summed E-state index contributed by atoms with van der Waals surface area (Å²) >= 11 is 0. The Hall–Kier alpha value is -1.40. The molecule has 3 N–H and O–H groups in total. The molecule has 1 atom stereocenters. The van der Waals surface area contributed by atoms with Crippen molar-refractivity contribution < 1.29 is 9.59 Å². The number of nitrogens with zero attached hydrogens (tertiary/aromatic N) is 2.